The topological polar surface area (TPSA) is 29.1 Å². The number of rotatable bonds is 4. The van der Waals surface area contributed by atoms with Gasteiger partial charge in [0, 0.05) is 11.4 Å². The molecule has 0 heterocycles. The van der Waals surface area contributed by atoms with E-state index in [1.54, 1.807) is 0 Å². The number of amides is 1. The Balaban J connectivity index is 2.40. The molecule has 86 valence electrons. The molecule has 0 spiro atoms. The summed E-state index contributed by atoms with van der Waals surface area (Å²) in [5.74, 6) is 0.0458. The molecule has 0 aromatic heterocycles. The van der Waals surface area contributed by atoms with Crippen LogP contribution >= 0.6 is 12.6 Å². The van der Waals surface area contributed by atoms with Crippen LogP contribution in [0, 0.1) is 0 Å². The first-order chi connectivity index (χ1) is 7.58. The lowest BCUT2D eigenvalue weighted by atomic mass is 10.1. The number of nitrogens with one attached hydrogen (secondary N) is 1. The second kappa shape index (κ2) is 6.38. The summed E-state index contributed by atoms with van der Waals surface area (Å²) in [7, 11) is 0. The van der Waals surface area contributed by atoms with Crippen LogP contribution in [0.25, 0.3) is 0 Å². The smallest absolute Gasteiger partial charge is 0.224 e. The minimum absolute atomic E-state index is 0.0458. The third-order valence-corrected chi connectivity index (χ3v) is 2.41. The van der Waals surface area contributed by atoms with E-state index in [1.807, 2.05) is 44.2 Å². The summed E-state index contributed by atoms with van der Waals surface area (Å²) in [6.07, 6.45) is 2.42. The third kappa shape index (κ3) is 5.03. The number of thiol groups is 1. The highest BCUT2D eigenvalue weighted by atomic mass is 32.1. The molecule has 0 saturated heterocycles. The van der Waals surface area contributed by atoms with Gasteiger partial charge in [-0.1, -0.05) is 23.8 Å². The minimum atomic E-state index is 0.0458. The van der Waals surface area contributed by atoms with Gasteiger partial charge < -0.3 is 5.32 Å². The maximum Gasteiger partial charge on any atom is 0.224 e. The zero-order valence-corrected chi connectivity index (χ0v) is 10.6. The van der Waals surface area contributed by atoms with E-state index in [0.717, 1.165) is 10.5 Å². The zero-order valence-electron chi connectivity index (χ0n) is 9.66. The highest BCUT2D eigenvalue weighted by Crippen LogP contribution is 2.08. The van der Waals surface area contributed by atoms with E-state index in [9.17, 15) is 4.79 Å². The van der Waals surface area contributed by atoms with Crippen molar-refractivity contribution in [2.45, 2.75) is 25.2 Å². The molecule has 1 aromatic rings. The Bertz CT molecular complexity index is 377. The fraction of sp³-hybridized carbons (Fsp3) is 0.308. The van der Waals surface area contributed by atoms with Crippen molar-refractivity contribution in [3.63, 3.8) is 0 Å². The number of benzene rings is 1. The normalized spacial score (nSPS) is 9.69. The Hall–Kier alpha value is -1.22. The van der Waals surface area contributed by atoms with E-state index in [2.05, 4.69) is 17.9 Å². The van der Waals surface area contributed by atoms with Crippen LogP contribution in [-0.4, -0.2) is 12.5 Å². The molecule has 1 rings (SSSR count). The standard InChI is InChI=1S/C13H17NOS/c1-10(2)7-8-14-13(15)9-11-3-5-12(16)6-4-11/h3-7,16H,8-9H2,1-2H3,(H,14,15). The first-order valence-corrected chi connectivity index (χ1v) is 5.70. The lowest BCUT2D eigenvalue weighted by molar-refractivity contribution is -0.120. The Morgan fingerprint density at radius 3 is 2.50 bits per heavy atom. The minimum Gasteiger partial charge on any atom is -0.352 e. The van der Waals surface area contributed by atoms with Gasteiger partial charge in [0.25, 0.3) is 0 Å². The monoisotopic (exact) mass is 235 g/mol. The first-order valence-electron chi connectivity index (χ1n) is 5.26. The molecule has 0 fully saturated rings. The highest BCUT2D eigenvalue weighted by molar-refractivity contribution is 7.80. The van der Waals surface area contributed by atoms with Crippen molar-refractivity contribution >= 4 is 18.5 Å². The molecule has 16 heavy (non-hydrogen) atoms. The van der Waals surface area contributed by atoms with Crippen LogP contribution in [0.15, 0.2) is 40.8 Å². The lowest BCUT2D eigenvalue weighted by Crippen LogP contribution is -2.25. The number of carbonyl (C=O) groups is 1. The van der Waals surface area contributed by atoms with E-state index < -0.39 is 0 Å². The van der Waals surface area contributed by atoms with Crippen LogP contribution in [0.4, 0.5) is 0 Å². The average Bonchev–Trinajstić information content (AvgIpc) is 2.21. The molecule has 2 nitrogen and oxygen atoms in total. The summed E-state index contributed by atoms with van der Waals surface area (Å²) < 4.78 is 0. The fourth-order valence-electron chi connectivity index (χ4n) is 1.23. The predicted molar refractivity (Wildman–Crippen MR) is 69.8 cm³/mol. The van der Waals surface area contributed by atoms with Crippen LogP contribution in [0.5, 0.6) is 0 Å². The zero-order chi connectivity index (χ0) is 12.0. The fourth-order valence-corrected chi connectivity index (χ4v) is 1.38. The Labute approximate surface area is 102 Å². The van der Waals surface area contributed by atoms with Gasteiger partial charge in [0.2, 0.25) is 5.91 Å². The van der Waals surface area contributed by atoms with Crippen molar-refractivity contribution in [1.82, 2.24) is 5.32 Å². The molecule has 0 radical (unpaired) electrons. The molecule has 0 aliphatic heterocycles. The van der Waals surface area contributed by atoms with Gasteiger partial charge in [-0.15, -0.1) is 12.6 Å². The summed E-state index contributed by atoms with van der Waals surface area (Å²) in [6, 6.07) is 7.62. The molecular weight excluding hydrogens is 218 g/mol. The van der Waals surface area contributed by atoms with E-state index in [4.69, 9.17) is 0 Å². The third-order valence-electron chi connectivity index (χ3n) is 2.11. The Kier molecular flexibility index (Phi) is 5.12. The molecule has 3 heteroatoms. The van der Waals surface area contributed by atoms with Crippen LogP contribution < -0.4 is 5.32 Å². The van der Waals surface area contributed by atoms with Gasteiger partial charge in [-0.25, -0.2) is 0 Å². The molecule has 0 unspecified atom stereocenters. The first kappa shape index (κ1) is 12.8. The number of hydrogen-bond acceptors (Lipinski definition) is 2. The summed E-state index contributed by atoms with van der Waals surface area (Å²) >= 11 is 4.19. The van der Waals surface area contributed by atoms with E-state index in [0.29, 0.717) is 13.0 Å². The molecule has 0 bridgehead atoms. The number of allylic oxidation sites excluding steroid dienone is 1. The number of hydrogen-bond donors (Lipinski definition) is 2. The highest BCUT2D eigenvalue weighted by Gasteiger charge is 2.01. The Morgan fingerprint density at radius 1 is 1.31 bits per heavy atom. The van der Waals surface area contributed by atoms with E-state index in [-0.39, 0.29) is 5.91 Å². The molecule has 0 aliphatic carbocycles. The lowest BCUT2D eigenvalue weighted by Gasteiger charge is -2.03. The maximum absolute atomic E-state index is 11.5. The van der Waals surface area contributed by atoms with Crippen LogP contribution in [0.1, 0.15) is 19.4 Å². The second-order valence-electron chi connectivity index (χ2n) is 3.93. The summed E-state index contributed by atoms with van der Waals surface area (Å²) in [5, 5.41) is 2.84. The largest absolute Gasteiger partial charge is 0.352 e. The van der Waals surface area contributed by atoms with Crippen LogP contribution in [0.2, 0.25) is 0 Å². The molecule has 0 atom stereocenters. The van der Waals surface area contributed by atoms with Gasteiger partial charge in [0.05, 0.1) is 6.42 Å². The van der Waals surface area contributed by atoms with Gasteiger partial charge in [0.1, 0.15) is 0 Å². The van der Waals surface area contributed by atoms with Crippen molar-refractivity contribution in [3.05, 3.63) is 41.5 Å². The summed E-state index contributed by atoms with van der Waals surface area (Å²) in [4.78, 5) is 12.4. The molecule has 0 saturated carbocycles. The maximum atomic E-state index is 11.5. The molecule has 1 aromatic carbocycles. The van der Waals surface area contributed by atoms with Crippen LogP contribution in [0.3, 0.4) is 0 Å². The van der Waals surface area contributed by atoms with Gasteiger partial charge in [-0.3, -0.25) is 4.79 Å². The molecule has 1 N–H and O–H groups in total. The van der Waals surface area contributed by atoms with Gasteiger partial charge >= 0.3 is 0 Å². The molecule has 1 amide bonds. The Morgan fingerprint density at radius 2 is 1.94 bits per heavy atom. The van der Waals surface area contributed by atoms with Gasteiger partial charge in [-0.2, -0.15) is 0 Å². The predicted octanol–water partition coefficient (Wildman–Crippen LogP) is 2.60. The van der Waals surface area contributed by atoms with Crippen molar-refractivity contribution in [2.24, 2.45) is 0 Å². The van der Waals surface area contributed by atoms with Crippen LogP contribution in [-0.2, 0) is 11.2 Å². The van der Waals surface area contributed by atoms with Gasteiger partial charge in [0.15, 0.2) is 0 Å². The second-order valence-corrected chi connectivity index (χ2v) is 4.45. The SMILES string of the molecule is CC(C)=CCNC(=O)Cc1ccc(S)cc1. The van der Waals surface area contributed by atoms with Crippen molar-refractivity contribution < 1.29 is 4.79 Å². The summed E-state index contributed by atoms with van der Waals surface area (Å²) in [6.45, 7) is 4.63. The quantitative estimate of drug-likeness (QED) is 0.609. The number of carbonyl (C=O) groups excluding carboxylic acids is 1. The van der Waals surface area contributed by atoms with E-state index in [1.165, 1.54) is 5.57 Å². The molecular formula is C13H17NOS. The molecule has 0 aliphatic rings. The van der Waals surface area contributed by atoms with Crippen molar-refractivity contribution in [3.8, 4) is 0 Å². The summed E-state index contributed by atoms with van der Waals surface area (Å²) in [5.41, 5.74) is 2.22. The van der Waals surface area contributed by atoms with Crippen molar-refractivity contribution in [1.29, 1.82) is 0 Å². The van der Waals surface area contributed by atoms with E-state index >= 15 is 0 Å². The van der Waals surface area contributed by atoms with Gasteiger partial charge in [-0.05, 0) is 31.5 Å². The average molecular weight is 235 g/mol. The van der Waals surface area contributed by atoms with Crippen molar-refractivity contribution in [2.75, 3.05) is 6.54 Å².